The van der Waals surface area contributed by atoms with E-state index in [-0.39, 0.29) is 29.9 Å². The first-order valence-electron chi connectivity index (χ1n) is 10.3. The summed E-state index contributed by atoms with van der Waals surface area (Å²) in [6.07, 6.45) is 3.88. The summed E-state index contributed by atoms with van der Waals surface area (Å²) < 4.78 is 34.4. The lowest BCUT2D eigenvalue weighted by Gasteiger charge is -2.40. The Morgan fingerprint density at radius 2 is 2.17 bits per heavy atom. The maximum atomic E-state index is 14.6. The summed E-state index contributed by atoms with van der Waals surface area (Å²) in [4.78, 5) is 12.7. The topological polar surface area (TPSA) is 67.9 Å². The van der Waals surface area contributed by atoms with Crippen LogP contribution in [0.3, 0.4) is 0 Å². The molecular weight excluding hydrogens is 408 g/mol. The van der Waals surface area contributed by atoms with E-state index in [1.807, 2.05) is 24.3 Å². The number of ether oxygens (including phenoxy) is 1. The van der Waals surface area contributed by atoms with Gasteiger partial charge in [-0.05, 0) is 37.5 Å². The molecule has 5 nitrogen and oxygen atoms in total. The summed E-state index contributed by atoms with van der Waals surface area (Å²) in [5, 5.41) is 6.43. The lowest BCUT2D eigenvalue weighted by molar-refractivity contribution is -0.139. The van der Waals surface area contributed by atoms with Crippen LogP contribution in [0.25, 0.3) is 0 Å². The van der Waals surface area contributed by atoms with E-state index in [4.69, 9.17) is 10.5 Å². The Morgan fingerprint density at radius 1 is 1.33 bits per heavy atom. The van der Waals surface area contributed by atoms with E-state index in [1.54, 1.807) is 0 Å². The summed E-state index contributed by atoms with van der Waals surface area (Å²) >= 11 is 1.31. The number of halogens is 2. The zero-order valence-electron chi connectivity index (χ0n) is 16.4. The van der Waals surface area contributed by atoms with Crippen molar-refractivity contribution in [2.75, 3.05) is 6.61 Å². The number of hydrogen-bond donors (Lipinski definition) is 1. The van der Waals surface area contributed by atoms with Crippen LogP contribution in [-0.4, -0.2) is 34.8 Å². The number of nitrogens with zero attached hydrogens (tertiary/aromatic N) is 2. The zero-order valence-corrected chi connectivity index (χ0v) is 17.2. The van der Waals surface area contributed by atoms with Gasteiger partial charge in [0.25, 0.3) is 0 Å². The average molecular weight is 432 g/mol. The molecule has 1 fully saturated rings. The fraction of sp³-hybridized carbons (Fsp3) is 0.455. The standard InChI is InChI=1S/C22H23F2N3O2S/c23-14-6-8-18(24)16(12-14)20-26-27(21(28)13-5-7-15(25)11-13)22(30-20)9-10-29-19-4-2-1-3-17(19)22/h1-4,8,12-15H,5-7,9-11,25H2/t13-,14?,15+,22?/m1/s1. The Labute approximate surface area is 178 Å². The van der Waals surface area contributed by atoms with E-state index in [1.165, 1.54) is 28.9 Å². The zero-order chi connectivity index (χ0) is 20.9. The molecule has 2 heterocycles. The van der Waals surface area contributed by atoms with Crippen molar-refractivity contribution in [3.05, 3.63) is 53.4 Å². The number of carbonyl (C=O) groups excluding carboxylic acids is 1. The molecule has 1 saturated carbocycles. The van der Waals surface area contributed by atoms with E-state index in [2.05, 4.69) is 5.10 Å². The first kappa shape index (κ1) is 19.8. The van der Waals surface area contributed by atoms with Crippen molar-refractivity contribution < 1.29 is 18.3 Å². The molecule has 8 heteroatoms. The molecule has 4 aliphatic rings. The molecule has 0 radical (unpaired) electrons. The van der Waals surface area contributed by atoms with E-state index in [0.717, 1.165) is 12.0 Å². The van der Waals surface area contributed by atoms with E-state index < -0.39 is 16.9 Å². The van der Waals surface area contributed by atoms with E-state index in [9.17, 15) is 13.6 Å². The first-order valence-corrected chi connectivity index (χ1v) is 11.1. The molecule has 5 rings (SSSR count). The van der Waals surface area contributed by atoms with Crippen LogP contribution in [0, 0.1) is 5.92 Å². The van der Waals surface area contributed by atoms with Crippen molar-refractivity contribution >= 4 is 22.7 Å². The Morgan fingerprint density at radius 3 is 2.97 bits per heavy atom. The van der Waals surface area contributed by atoms with Crippen LogP contribution in [0.1, 0.15) is 37.7 Å². The molecule has 0 bridgehead atoms. The maximum Gasteiger partial charge on any atom is 0.247 e. The van der Waals surface area contributed by atoms with Crippen molar-refractivity contribution in [2.24, 2.45) is 16.8 Å². The number of fused-ring (bicyclic) bond motifs is 2. The van der Waals surface area contributed by atoms with Gasteiger partial charge in [-0.15, -0.1) is 0 Å². The summed E-state index contributed by atoms with van der Waals surface area (Å²) in [5.74, 6) is -0.140. The number of carbonyl (C=O) groups is 1. The molecule has 0 aromatic heterocycles. The van der Waals surface area contributed by atoms with Crippen LogP contribution >= 0.6 is 11.8 Å². The number of alkyl halides is 1. The molecular formula is C22H23F2N3O2S. The molecule has 1 aromatic rings. The highest BCUT2D eigenvalue weighted by molar-refractivity contribution is 8.15. The van der Waals surface area contributed by atoms with Crippen molar-refractivity contribution in [2.45, 2.75) is 49.2 Å². The fourth-order valence-electron chi connectivity index (χ4n) is 4.65. The lowest BCUT2D eigenvalue weighted by Crippen LogP contribution is -2.46. The maximum absolute atomic E-state index is 14.6. The highest BCUT2D eigenvalue weighted by atomic mass is 32.2. The number of rotatable bonds is 2. The predicted molar refractivity (Wildman–Crippen MR) is 112 cm³/mol. The van der Waals surface area contributed by atoms with Crippen molar-refractivity contribution in [1.82, 2.24) is 5.01 Å². The summed E-state index contributed by atoms with van der Waals surface area (Å²) in [7, 11) is 0. The van der Waals surface area contributed by atoms with E-state index >= 15 is 0 Å². The minimum absolute atomic E-state index is 0.00399. The van der Waals surface area contributed by atoms with Gasteiger partial charge in [-0.3, -0.25) is 4.79 Å². The highest BCUT2D eigenvalue weighted by Gasteiger charge is 2.53. The van der Waals surface area contributed by atoms with Gasteiger partial charge in [0.15, 0.2) is 0 Å². The number of allylic oxidation sites excluding steroid dienone is 3. The van der Waals surface area contributed by atoms with Gasteiger partial charge in [0.05, 0.1) is 6.61 Å². The number of hydrazone groups is 1. The quantitative estimate of drug-likeness (QED) is 0.764. The molecule has 4 atom stereocenters. The molecule has 0 saturated heterocycles. The van der Waals surface area contributed by atoms with Gasteiger partial charge in [-0.2, -0.15) is 5.10 Å². The molecule has 1 amide bonds. The second-order valence-electron chi connectivity index (χ2n) is 8.19. The average Bonchev–Trinajstić information content (AvgIpc) is 3.34. The van der Waals surface area contributed by atoms with Gasteiger partial charge in [0.2, 0.25) is 5.91 Å². The molecule has 2 unspecified atom stereocenters. The highest BCUT2D eigenvalue weighted by Crippen LogP contribution is 2.55. The minimum atomic E-state index is -1.27. The van der Waals surface area contributed by atoms with Crippen LogP contribution in [-0.2, 0) is 9.67 Å². The van der Waals surface area contributed by atoms with Crippen molar-refractivity contribution in [1.29, 1.82) is 0 Å². The summed E-state index contributed by atoms with van der Waals surface area (Å²) in [6, 6.07) is 7.55. The van der Waals surface area contributed by atoms with Crippen LogP contribution < -0.4 is 10.5 Å². The number of benzene rings is 1. The Hall–Kier alpha value is -2.19. The predicted octanol–water partition coefficient (Wildman–Crippen LogP) is 4.16. The number of amides is 1. The largest absolute Gasteiger partial charge is 0.493 e. The summed E-state index contributed by atoms with van der Waals surface area (Å²) in [5.41, 5.74) is 7.00. The Kier molecular flexibility index (Phi) is 4.94. The lowest BCUT2D eigenvalue weighted by atomic mass is 9.97. The second kappa shape index (κ2) is 7.50. The number of hydrogen-bond acceptors (Lipinski definition) is 5. The van der Waals surface area contributed by atoms with Crippen LogP contribution in [0.2, 0.25) is 0 Å². The molecule has 2 aliphatic carbocycles. The van der Waals surface area contributed by atoms with Gasteiger partial charge >= 0.3 is 0 Å². The van der Waals surface area contributed by atoms with Gasteiger partial charge in [-0.1, -0.05) is 30.0 Å². The van der Waals surface area contributed by atoms with Gasteiger partial charge < -0.3 is 10.5 Å². The third-order valence-corrected chi connectivity index (χ3v) is 7.62. The molecule has 158 valence electrons. The number of thioether (sulfide) groups is 1. The number of para-hydroxylation sites is 1. The van der Waals surface area contributed by atoms with Crippen LogP contribution in [0.15, 0.2) is 52.9 Å². The third kappa shape index (κ3) is 3.17. The third-order valence-electron chi connectivity index (χ3n) is 6.19. The molecule has 1 spiro atoms. The minimum Gasteiger partial charge on any atom is -0.493 e. The van der Waals surface area contributed by atoms with Gasteiger partial charge in [0, 0.05) is 35.9 Å². The first-order chi connectivity index (χ1) is 14.5. The monoisotopic (exact) mass is 431 g/mol. The van der Waals surface area contributed by atoms with Crippen LogP contribution in [0.4, 0.5) is 8.78 Å². The van der Waals surface area contributed by atoms with Crippen molar-refractivity contribution in [3.8, 4) is 5.75 Å². The van der Waals surface area contributed by atoms with Crippen molar-refractivity contribution in [3.63, 3.8) is 0 Å². The molecule has 30 heavy (non-hydrogen) atoms. The summed E-state index contributed by atoms with van der Waals surface area (Å²) in [6.45, 7) is 0.407. The molecule has 2 aliphatic heterocycles. The Balaban J connectivity index is 1.59. The Bertz CT molecular complexity index is 979. The molecule has 2 N–H and O–H groups in total. The fourth-order valence-corrected chi connectivity index (χ4v) is 6.05. The molecule has 1 aromatic carbocycles. The second-order valence-corrected chi connectivity index (χ2v) is 9.46. The van der Waals surface area contributed by atoms with E-state index in [0.29, 0.717) is 36.7 Å². The van der Waals surface area contributed by atoms with Gasteiger partial charge in [-0.25, -0.2) is 13.8 Å². The van der Waals surface area contributed by atoms with Gasteiger partial charge in [0.1, 0.15) is 27.7 Å². The van der Waals surface area contributed by atoms with Crippen LogP contribution in [0.5, 0.6) is 5.75 Å². The smallest absolute Gasteiger partial charge is 0.247 e. The normalized spacial score (nSPS) is 33.0. The number of nitrogens with two attached hydrogens (primary N) is 1. The SMILES string of the molecule is N[C@H]1CC[C@@H](C(=O)N2N=C(C3=CC(F)CC=C3F)SC23CCOc2ccccc23)C1.